The molecule has 0 N–H and O–H groups in total. The molecule has 0 aliphatic carbocycles. The molecule has 0 unspecified atom stereocenters. The fourth-order valence-electron chi connectivity index (χ4n) is 2.06. The Hall–Kier alpha value is 0.220. The molecule has 0 aliphatic rings. The molecule has 17 heavy (non-hydrogen) atoms. The summed E-state index contributed by atoms with van der Waals surface area (Å²) in [7, 11) is 0. The number of halogens is 1. The van der Waals surface area contributed by atoms with Crippen molar-refractivity contribution in [2.24, 2.45) is 0 Å². The SMILES string of the molecule is CCCCCCCC=C(CBr)CCCCCC. The Kier molecular flexibility index (Phi) is 14.5. The number of allylic oxidation sites excluding steroid dienone is 2. The van der Waals surface area contributed by atoms with Crippen molar-refractivity contribution in [3.05, 3.63) is 11.6 Å². The van der Waals surface area contributed by atoms with Crippen LogP contribution in [0.3, 0.4) is 0 Å². The molecule has 0 radical (unpaired) electrons. The second-order valence-corrected chi connectivity index (χ2v) is 5.57. The molecule has 0 aromatic rings. The lowest BCUT2D eigenvalue weighted by Gasteiger charge is -2.04. The van der Waals surface area contributed by atoms with Crippen LogP contribution < -0.4 is 0 Å². The average molecular weight is 303 g/mol. The van der Waals surface area contributed by atoms with Crippen LogP contribution >= 0.6 is 15.9 Å². The lowest BCUT2D eigenvalue weighted by molar-refractivity contribution is 0.633. The molecule has 0 spiro atoms. The van der Waals surface area contributed by atoms with Gasteiger partial charge >= 0.3 is 0 Å². The molecule has 0 saturated carbocycles. The topological polar surface area (TPSA) is 0 Å². The van der Waals surface area contributed by atoms with Crippen molar-refractivity contribution in [3.8, 4) is 0 Å². The summed E-state index contributed by atoms with van der Waals surface area (Å²) < 4.78 is 0. The van der Waals surface area contributed by atoms with E-state index in [-0.39, 0.29) is 0 Å². The minimum atomic E-state index is 1.08. The van der Waals surface area contributed by atoms with Gasteiger partial charge in [0.05, 0.1) is 0 Å². The number of rotatable bonds is 12. The van der Waals surface area contributed by atoms with E-state index in [0.29, 0.717) is 0 Å². The van der Waals surface area contributed by atoms with Gasteiger partial charge in [0.15, 0.2) is 0 Å². The molecule has 0 rings (SSSR count). The largest absolute Gasteiger partial charge is 0.0880 e. The van der Waals surface area contributed by atoms with Gasteiger partial charge in [-0.05, 0) is 25.7 Å². The monoisotopic (exact) mass is 302 g/mol. The Morgan fingerprint density at radius 1 is 0.824 bits per heavy atom. The fourth-order valence-corrected chi connectivity index (χ4v) is 2.57. The molecule has 0 fully saturated rings. The van der Waals surface area contributed by atoms with Crippen LogP contribution in [0, 0.1) is 0 Å². The van der Waals surface area contributed by atoms with E-state index < -0.39 is 0 Å². The van der Waals surface area contributed by atoms with Gasteiger partial charge < -0.3 is 0 Å². The van der Waals surface area contributed by atoms with Crippen molar-refractivity contribution in [1.29, 1.82) is 0 Å². The highest BCUT2D eigenvalue weighted by molar-refractivity contribution is 9.09. The van der Waals surface area contributed by atoms with Crippen molar-refractivity contribution in [2.75, 3.05) is 5.33 Å². The number of alkyl halides is 1. The molecule has 102 valence electrons. The first-order valence-corrected chi connectivity index (χ1v) is 8.71. The normalized spacial score (nSPS) is 12.1. The smallest absolute Gasteiger partial charge is 0.0241 e. The van der Waals surface area contributed by atoms with Gasteiger partial charge in [-0.3, -0.25) is 0 Å². The van der Waals surface area contributed by atoms with Crippen molar-refractivity contribution >= 4 is 15.9 Å². The summed E-state index contributed by atoms with van der Waals surface area (Å²) in [6.45, 7) is 4.55. The van der Waals surface area contributed by atoms with Crippen molar-refractivity contribution < 1.29 is 0 Å². The highest BCUT2D eigenvalue weighted by Crippen LogP contribution is 2.14. The summed E-state index contributed by atoms with van der Waals surface area (Å²) in [4.78, 5) is 0. The molecule has 0 bridgehead atoms. The van der Waals surface area contributed by atoms with Gasteiger partial charge in [0.25, 0.3) is 0 Å². The van der Waals surface area contributed by atoms with Crippen LogP contribution in [-0.4, -0.2) is 5.33 Å². The lowest BCUT2D eigenvalue weighted by atomic mass is 10.0. The predicted molar refractivity (Wildman–Crippen MR) is 84.0 cm³/mol. The van der Waals surface area contributed by atoms with E-state index in [1.54, 1.807) is 5.57 Å². The highest BCUT2D eigenvalue weighted by atomic mass is 79.9. The van der Waals surface area contributed by atoms with Crippen LogP contribution in [-0.2, 0) is 0 Å². The molecule has 0 aromatic carbocycles. The molecule has 0 nitrogen and oxygen atoms in total. The third-order valence-electron chi connectivity index (χ3n) is 3.26. The highest BCUT2D eigenvalue weighted by Gasteiger charge is 1.96. The summed E-state index contributed by atoms with van der Waals surface area (Å²) in [5, 5.41) is 1.08. The van der Waals surface area contributed by atoms with Crippen molar-refractivity contribution in [1.82, 2.24) is 0 Å². The zero-order chi connectivity index (χ0) is 12.8. The quantitative estimate of drug-likeness (QED) is 0.215. The van der Waals surface area contributed by atoms with Gasteiger partial charge in [-0.25, -0.2) is 0 Å². The van der Waals surface area contributed by atoms with E-state index in [2.05, 4.69) is 35.9 Å². The van der Waals surface area contributed by atoms with Gasteiger partial charge in [0.1, 0.15) is 0 Å². The maximum absolute atomic E-state index is 3.61. The van der Waals surface area contributed by atoms with E-state index >= 15 is 0 Å². The first-order chi connectivity index (χ1) is 8.35. The minimum Gasteiger partial charge on any atom is -0.0880 e. The molecule has 0 heterocycles. The Labute approximate surface area is 117 Å². The van der Waals surface area contributed by atoms with Gasteiger partial charge in [0, 0.05) is 5.33 Å². The first-order valence-electron chi connectivity index (χ1n) is 7.59. The van der Waals surface area contributed by atoms with E-state index in [9.17, 15) is 0 Å². The van der Waals surface area contributed by atoms with Gasteiger partial charge in [-0.2, -0.15) is 0 Å². The predicted octanol–water partition coefficient (Wildman–Crippen LogP) is 6.64. The van der Waals surface area contributed by atoms with E-state index in [1.807, 2.05) is 0 Å². The van der Waals surface area contributed by atoms with Crippen molar-refractivity contribution in [2.45, 2.75) is 84.5 Å². The Bertz CT molecular complexity index is 172. The van der Waals surface area contributed by atoms with Crippen LogP contribution in [0.5, 0.6) is 0 Å². The van der Waals surface area contributed by atoms with E-state index in [1.165, 1.54) is 70.6 Å². The van der Waals surface area contributed by atoms with Gasteiger partial charge in [0.2, 0.25) is 0 Å². The number of unbranched alkanes of at least 4 members (excludes halogenated alkanes) is 8. The fraction of sp³-hybridized carbons (Fsp3) is 0.875. The molecular formula is C16H31Br. The second kappa shape index (κ2) is 14.3. The molecule has 1 heteroatoms. The number of hydrogen-bond acceptors (Lipinski definition) is 0. The molecule has 0 atom stereocenters. The zero-order valence-electron chi connectivity index (χ0n) is 11.9. The van der Waals surface area contributed by atoms with E-state index in [0.717, 1.165) is 5.33 Å². The molecule has 0 saturated heterocycles. The summed E-state index contributed by atoms with van der Waals surface area (Å²) in [6, 6.07) is 0. The summed E-state index contributed by atoms with van der Waals surface area (Å²) in [6.07, 6.45) is 17.6. The number of hydrogen-bond donors (Lipinski definition) is 0. The summed E-state index contributed by atoms with van der Waals surface area (Å²) in [5.74, 6) is 0. The zero-order valence-corrected chi connectivity index (χ0v) is 13.5. The van der Waals surface area contributed by atoms with Crippen LogP contribution in [0.2, 0.25) is 0 Å². The van der Waals surface area contributed by atoms with Crippen LogP contribution in [0.4, 0.5) is 0 Å². The molecular weight excluding hydrogens is 272 g/mol. The minimum absolute atomic E-state index is 1.08. The summed E-state index contributed by atoms with van der Waals surface area (Å²) >= 11 is 3.61. The maximum atomic E-state index is 3.61. The third kappa shape index (κ3) is 12.5. The summed E-state index contributed by atoms with van der Waals surface area (Å²) in [5.41, 5.74) is 1.62. The standard InChI is InChI=1S/C16H31Br/c1-3-5-7-9-10-12-14-16(15-17)13-11-8-6-4-2/h14H,3-13,15H2,1-2H3. The van der Waals surface area contributed by atoms with Crippen LogP contribution in [0.15, 0.2) is 11.6 Å². The molecule has 0 aromatic heterocycles. The third-order valence-corrected chi connectivity index (χ3v) is 3.98. The van der Waals surface area contributed by atoms with Crippen LogP contribution in [0.1, 0.15) is 84.5 Å². The Morgan fingerprint density at radius 3 is 2.00 bits per heavy atom. The van der Waals surface area contributed by atoms with Crippen molar-refractivity contribution in [3.63, 3.8) is 0 Å². The molecule has 0 amide bonds. The average Bonchev–Trinajstić information content (AvgIpc) is 2.36. The van der Waals surface area contributed by atoms with E-state index in [4.69, 9.17) is 0 Å². The van der Waals surface area contributed by atoms with Gasteiger partial charge in [-0.1, -0.05) is 86.4 Å². The second-order valence-electron chi connectivity index (χ2n) is 5.01. The maximum Gasteiger partial charge on any atom is 0.0241 e. The van der Waals surface area contributed by atoms with Gasteiger partial charge in [-0.15, -0.1) is 0 Å². The Morgan fingerprint density at radius 2 is 1.41 bits per heavy atom. The molecule has 0 aliphatic heterocycles. The Balaban J connectivity index is 3.48. The lowest BCUT2D eigenvalue weighted by Crippen LogP contribution is -1.87. The first kappa shape index (κ1) is 17.2. The van der Waals surface area contributed by atoms with Crippen LogP contribution in [0.25, 0.3) is 0 Å².